The zero-order chi connectivity index (χ0) is 13.0. The monoisotopic (exact) mass is 287 g/mol. The number of hydrogen-bond donors (Lipinski definition) is 0. The number of rotatable bonds is 4. The van der Waals surface area contributed by atoms with E-state index in [0.717, 1.165) is 37.1 Å². The third kappa shape index (κ3) is 3.25. The Morgan fingerprint density at radius 3 is 2.78 bits per heavy atom. The highest BCUT2D eigenvalue weighted by atomic mass is 35.5. The summed E-state index contributed by atoms with van der Waals surface area (Å²) in [5.41, 5.74) is 1.92. The molecule has 0 bridgehead atoms. The van der Waals surface area contributed by atoms with E-state index in [1.807, 2.05) is 22.6 Å². The molecule has 0 N–H and O–H groups in total. The van der Waals surface area contributed by atoms with Gasteiger partial charge in [-0.2, -0.15) is 11.3 Å². The van der Waals surface area contributed by atoms with E-state index in [9.17, 15) is 4.79 Å². The third-order valence-electron chi connectivity index (χ3n) is 3.25. The Kier molecular flexibility index (Phi) is 5.03. The Hall–Kier alpha value is -0.580. The van der Waals surface area contributed by atoms with Crippen molar-refractivity contribution in [2.24, 2.45) is 0 Å². The summed E-state index contributed by atoms with van der Waals surface area (Å²) in [5, 5.41) is 3.96. The lowest BCUT2D eigenvalue weighted by atomic mass is 10.1. The maximum Gasteiger partial charge on any atom is 0.254 e. The Morgan fingerprint density at radius 1 is 1.50 bits per heavy atom. The number of hydrogen-bond acceptors (Lipinski definition) is 3. The number of halogens is 1. The van der Waals surface area contributed by atoms with Crippen molar-refractivity contribution >= 4 is 28.8 Å². The standard InChI is InChI=1S/C13H18ClNO2S/c1-10-8-18-9-12(10)13(16)15-5-2-11(3-6-15)17-7-4-14/h8-9,11H,2-7H2,1H3. The molecule has 3 nitrogen and oxygen atoms in total. The lowest BCUT2D eigenvalue weighted by molar-refractivity contribution is 0.0154. The van der Waals surface area contributed by atoms with Crippen molar-refractivity contribution in [2.45, 2.75) is 25.9 Å². The number of aryl methyl sites for hydroxylation is 1. The van der Waals surface area contributed by atoms with Crippen molar-refractivity contribution < 1.29 is 9.53 Å². The second-order valence-corrected chi connectivity index (χ2v) is 5.64. The van der Waals surface area contributed by atoms with Gasteiger partial charge in [-0.1, -0.05) is 0 Å². The molecule has 1 amide bonds. The van der Waals surface area contributed by atoms with Crippen molar-refractivity contribution in [3.8, 4) is 0 Å². The molecule has 0 spiro atoms. The fourth-order valence-corrected chi connectivity index (χ4v) is 3.10. The third-order valence-corrected chi connectivity index (χ3v) is 4.26. The van der Waals surface area contributed by atoms with Crippen LogP contribution in [0.4, 0.5) is 0 Å². The van der Waals surface area contributed by atoms with Crippen LogP contribution in [-0.4, -0.2) is 42.5 Å². The fraction of sp³-hybridized carbons (Fsp3) is 0.615. The minimum absolute atomic E-state index is 0.157. The summed E-state index contributed by atoms with van der Waals surface area (Å²) >= 11 is 7.18. The number of amides is 1. The van der Waals surface area contributed by atoms with Crippen LogP contribution in [0, 0.1) is 6.92 Å². The SMILES string of the molecule is Cc1cscc1C(=O)N1CCC(OCCCl)CC1. The smallest absolute Gasteiger partial charge is 0.254 e. The van der Waals surface area contributed by atoms with Gasteiger partial charge in [-0.15, -0.1) is 11.6 Å². The molecule has 0 unspecified atom stereocenters. The van der Waals surface area contributed by atoms with Crippen LogP contribution < -0.4 is 0 Å². The second-order valence-electron chi connectivity index (χ2n) is 4.52. The number of nitrogens with zero attached hydrogens (tertiary/aromatic N) is 1. The Labute approximate surface area is 117 Å². The molecule has 1 aromatic heterocycles. The quantitative estimate of drug-likeness (QED) is 0.797. The normalized spacial score (nSPS) is 17.1. The van der Waals surface area contributed by atoms with E-state index in [1.54, 1.807) is 11.3 Å². The molecule has 1 fully saturated rings. The van der Waals surface area contributed by atoms with Gasteiger partial charge in [-0.3, -0.25) is 4.79 Å². The highest BCUT2D eigenvalue weighted by Gasteiger charge is 2.24. The molecule has 100 valence electrons. The van der Waals surface area contributed by atoms with Crippen molar-refractivity contribution in [3.63, 3.8) is 0 Å². The second kappa shape index (κ2) is 6.55. The topological polar surface area (TPSA) is 29.5 Å². The van der Waals surface area contributed by atoms with E-state index in [2.05, 4.69) is 0 Å². The van der Waals surface area contributed by atoms with Gasteiger partial charge in [0.25, 0.3) is 5.91 Å². The Morgan fingerprint density at radius 2 is 2.22 bits per heavy atom. The minimum Gasteiger partial charge on any atom is -0.377 e. The van der Waals surface area contributed by atoms with E-state index in [0.29, 0.717) is 12.5 Å². The number of carbonyl (C=O) groups excluding carboxylic acids is 1. The maximum atomic E-state index is 12.3. The predicted octanol–water partition coefficient (Wildman–Crippen LogP) is 2.92. The van der Waals surface area contributed by atoms with Crippen molar-refractivity contribution in [3.05, 3.63) is 21.9 Å². The van der Waals surface area contributed by atoms with Crippen LogP contribution >= 0.6 is 22.9 Å². The summed E-state index contributed by atoms with van der Waals surface area (Å²) in [6.45, 7) is 4.14. The van der Waals surface area contributed by atoms with Gasteiger partial charge >= 0.3 is 0 Å². The van der Waals surface area contributed by atoms with E-state index < -0.39 is 0 Å². The summed E-state index contributed by atoms with van der Waals surface area (Å²) in [7, 11) is 0. The molecule has 18 heavy (non-hydrogen) atoms. The zero-order valence-corrected chi connectivity index (χ0v) is 12.1. The first kappa shape index (κ1) is 13.8. The number of ether oxygens (including phenoxy) is 1. The number of alkyl halides is 1. The molecule has 0 atom stereocenters. The first-order valence-corrected chi connectivity index (χ1v) is 7.69. The number of thiophene rings is 1. The van der Waals surface area contributed by atoms with Gasteiger partial charge in [-0.25, -0.2) is 0 Å². The summed E-state index contributed by atoms with van der Waals surface area (Å²) in [6, 6.07) is 0. The molecule has 0 aromatic carbocycles. The van der Waals surface area contributed by atoms with Crippen molar-refractivity contribution in [1.82, 2.24) is 4.90 Å². The number of likely N-dealkylation sites (tertiary alicyclic amines) is 1. The molecular weight excluding hydrogens is 270 g/mol. The molecule has 0 radical (unpaired) electrons. The van der Waals surface area contributed by atoms with Crippen molar-refractivity contribution in [1.29, 1.82) is 0 Å². The highest BCUT2D eigenvalue weighted by Crippen LogP contribution is 2.20. The highest BCUT2D eigenvalue weighted by molar-refractivity contribution is 7.08. The molecular formula is C13H18ClNO2S. The largest absolute Gasteiger partial charge is 0.377 e. The van der Waals surface area contributed by atoms with E-state index in [-0.39, 0.29) is 12.0 Å². The first-order chi connectivity index (χ1) is 8.72. The Balaban J connectivity index is 1.86. The maximum absolute atomic E-state index is 12.3. The average molecular weight is 288 g/mol. The van der Waals surface area contributed by atoms with Crippen LogP contribution in [0.2, 0.25) is 0 Å². The molecule has 0 aliphatic carbocycles. The minimum atomic E-state index is 0.157. The fourth-order valence-electron chi connectivity index (χ4n) is 2.19. The summed E-state index contributed by atoms with van der Waals surface area (Å²) in [5.74, 6) is 0.692. The van der Waals surface area contributed by atoms with Crippen molar-refractivity contribution in [2.75, 3.05) is 25.6 Å². The Bertz CT molecular complexity index is 399. The van der Waals surface area contributed by atoms with Crippen LogP contribution in [-0.2, 0) is 4.74 Å². The lowest BCUT2D eigenvalue weighted by Crippen LogP contribution is -2.41. The molecule has 0 saturated carbocycles. The van der Waals surface area contributed by atoms with Crippen LogP contribution in [0.15, 0.2) is 10.8 Å². The van der Waals surface area contributed by atoms with Crippen LogP contribution in [0.5, 0.6) is 0 Å². The zero-order valence-electron chi connectivity index (χ0n) is 10.5. The average Bonchev–Trinajstić information content (AvgIpc) is 2.82. The predicted molar refractivity (Wildman–Crippen MR) is 74.7 cm³/mol. The van der Waals surface area contributed by atoms with E-state index in [1.165, 1.54) is 0 Å². The molecule has 1 saturated heterocycles. The molecule has 1 aliphatic heterocycles. The summed E-state index contributed by atoms with van der Waals surface area (Å²) < 4.78 is 5.61. The van der Waals surface area contributed by atoms with Gasteiger partial charge < -0.3 is 9.64 Å². The van der Waals surface area contributed by atoms with Gasteiger partial charge in [0.15, 0.2) is 0 Å². The molecule has 5 heteroatoms. The van der Waals surface area contributed by atoms with Gasteiger partial charge in [0.2, 0.25) is 0 Å². The first-order valence-electron chi connectivity index (χ1n) is 6.22. The molecule has 1 aliphatic rings. The molecule has 1 aromatic rings. The van der Waals surface area contributed by atoms with Crippen LogP contribution in [0.1, 0.15) is 28.8 Å². The molecule has 2 rings (SSSR count). The van der Waals surface area contributed by atoms with Gasteiger partial charge in [0.05, 0.1) is 18.3 Å². The van der Waals surface area contributed by atoms with Gasteiger partial charge in [0.1, 0.15) is 0 Å². The van der Waals surface area contributed by atoms with Gasteiger partial charge in [-0.05, 0) is 30.7 Å². The lowest BCUT2D eigenvalue weighted by Gasteiger charge is -2.31. The van der Waals surface area contributed by atoms with Crippen LogP contribution in [0.3, 0.4) is 0 Å². The van der Waals surface area contributed by atoms with Gasteiger partial charge in [0, 0.05) is 24.3 Å². The number of carbonyl (C=O) groups is 1. The van der Waals surface area contributed by atoms with Crippen LogP contribution in [0.25, 0.3) is 0 Å². The van der Waals surface area contributed by atoms with E-state index in [4.69, 9.17) is 16.3 Å². The molecule has 2 heterocycles. The summed E-state index contributed by atoms with van der Waals surface area (Å²) in [6.07, 6.45) is 2.08. The summed E-state index contributed by atoms with van der Waals surface area (Å²) in [4.78, 5) is 14.2. The number of piperidine rings is 1. The van der Waals surface area contributed by atoms with E-state index >= 15 is 0 Å².